The molecule has 0 aliphatic carbocycles. The van der Waals surface area contributed by atoms with Gasteiger partial charge in [-0.25, -0.2) is 0 Å². The van der Waals surface area contributed by atoms with Crippen LogP contribution in [0.15, 0.2) is 12.1 Å². The Hall–Kier alpha value is -1.35. The molecule has 0 spiro atoms. The summed E-state index contributed by atoms with van der Waals surface area (Å²) < 4.78 is 25.7. The zero-order valence-electron chi connectivity index (χ0n) is 5.68. The summed E-state index contributed by atoms with van der Waals surface area (Å²) in [6, 6.07) is 2.88. The molecule has 12 heavy (non-hydrogen) atoms. The molecule has 1 N–H and O–H groups in total. The molecule has 3 rings (SSSR count). The van der Waals surface area contributed by atoms with Gasteiger partial charge in [0, 0.05) is 0 Å². The highest BCUT2D eigenvalue weighted by molar-refractivity contribution is 7.50. The number of rotatable bonds is 0. The largest absolute Gasteiger partial charge is 0.647 e. The maximum atomic E-state index is 11.3. The summed E-state index contributed by atoms with van der Waals surface area (Å²) in [7, 11) is -3.43. The van der Waals surface area contributed by atoms with E-state index in [9.17, 15) is 9.67 Å². The van der Waals surface area contributed by atoms with Crippen LogP contribution in [0.5, 0.6) is 23.0 Å². The van der Waals surface area contributed by atoms with Crippen molar-refractivity contribution in [2.45, 2.75) is 0 Å². The molecular weight excluding hydrogens is 183 g/mol. The fraction of sp³-hybridized carbons (Fsp3) is 0. The maximum absolute atomic E-state index is 11.3. The quantitative estimate of drug-likeness (QED) is 0.624. The van der Waals surface area contributed by atoms with E-state index >= 15 is 0 Å². The lowest BCUT2D eigenvalue weighted by Gasteiger charge is -2.09. The van der Waals surface area contributed by atoms with E-state index < -0.39 is 7.82 Å². The first-order valence-electron chi connectivity index (χ1n) is 3.23. The molecule has 0 saturated heterocycles. The van der Waals surface area contributed by atoms with E-state index in [0.717, 1.165) is 0 Å². The van der Waals surface area contributed by atoms with Crippen LogP contribution in [0.3, 0.4) is 0 Å². The Kier molecular flexibility index (Phi) is 0.796. The summed E-state index contributed by atoms with van der Waals surface area (Å²) >= 11 is 0. The van der Waals surface area contributed by atoms with E-state index in [1.165, 1.54) is 12.1 Å². The average molecular weight is 186 g/mol. The zero-order chi connectivity index (χ0) is 8.34. The summed E-state index contributed by atoms with van der Waals surface area (Å²) in [5, 5.41) is 9.21. The van der Waals surface area contributed by atoms with Crippen LogP contribution >= 0.6 is 7.82 Å². The second-order valence-electron chi connectivity index (χ2n) is 2.46. The van der Waals surface area contributed by atoms with Gasteiger partial charge in [0.2, 0.25) is 11.5 Å². The molecule has 1 unspecified atom stereocenters. The van der Waals surface area contributed by atoms with E-state index in [0.29, 0.717) is 5.75 Å². The van der Waals surface area contributed by atoms with Crippen LogP contribution in [-0.2, 0) is 4.57 Å². The minimum atomic E-state index is -3.43. The fourth-order valence-electron chi connectivity index (χ4n) is 1.18. The minimum Gasteiger partial charge on any atom is -0.504 e. The van der Waals surface area contributed by atoms with Gasteiger partial charge in [-0.15, -0.1) is 0 Å². The van der Waals surface area contributed by atoms with E-state index in [1.54, 1.807) is 0 Å². The molecular formula is C6H3O5P. The van der Waals surface area contributed by atoms with Gasteiger partial charge >= 0.3 is 7.82 Å². The van der Waals surface area contributed by atoms with Gasteiger partial charge in [0.05, 0.1) is 0 Å². The van der Waals surface area contributed by atoms with Crippen LogP contribution in [-0.4, -0.2) is 5.11 Å². The van der Waals surface area contributed by atoms with Gasteiger partial charge in [-0.05, 0) is 12.1 Å². The minimum absolute atomic E-state index is 0.0882. The molecule has 2 bridgehead atoms. The lowest BCUT2D eigenvalue weighted by molar-refractivity contribution is 0.345. The Balaban J connectivity index is 2.40. The number of hydrogen-bond donors (Lipinski definition) is 1. The summed E-state index contributed by atoms with van der Waals surface area (Å²) in [5.41, 5.74) is 0. The van der Waals surface area contributed by atoms with E-state index in [2.05, 4.69) is 0 Å². The first kappa shape index (κ1) is 6.20. The Morgan fingerprint density at radius 3 is 2.58 bits per heavy atom. The molecule has 2 aliphatic rings. The molecule has 0 saturated carbocycles. The topological polar surface area (TPSA) is 65.0 Å². The van der Waals surface area contributed by atoms with Gasteiger partial charge in [-0.2, -0.15) is 4.57 Å². The van der Waals surface area contributed by atoms with Crippen molar-refractivity contribution in [3.05, 3.63) is 12.1 Å². The Morgan fingerprint density at radius 1 is 1.17 bits per heavy atom. The third kappa shape index (κ3) is 0.539. The Labute approximate surface area is 67.1 Å². The Morgan fingerprint density at radius 2 is 1.92 bits per heavy atom. The smallest absolute Gasteiger partial charge is 0.504 e. The maximum Gasteiger partial charge on any atom is 0.647 e. The molecule has 6 heteroatoms. The molecule has 1 atom stereocenters. The van der Waals surface area contributed by atoms with E-state index in [-0.39, 0.29) is 17.2 Å². The second kappa shape index (κ2) is 1.54. The number of phosphoric ester groups is 1. The molecule has 62 valence electrons. The number of benzene rings is 1. The highest BCUT2D eigenvalue weighted by atomic mass is 31.2. The number of hydrogen-bond acceptors (Lipinski definition) is 5. The van der Waals surface area contributed by atoms with Crippen LogP contribution in [0.4, 0.5) is 0 Å². The van der Waals surface area contributed by atoms with Gasteiger partial charge in [-0.3, -0.25) is 0 Å². The molecule has 0 radical (unpaired) electrons. The number of phosphoric acid groups is 1. The lowest BCUT2D eigenvalue weighted by Crippen LogP contribution is -1.97. The van der Waals surface area contributed by atoms with Gasteiger partial charge in [0.15, 0.2) is 11.5 Å². The molecule has 1 aromatic carbocycles. The van der Waals surface area contributed by atoms with Crippen molar-refractivity contribution in [2.75, 3.05) is 0 Å². The van der Waals surface area contributed by atoms with Crippen LogP contribution in [0.2, 0.25) is 0 Å². The molecule has 5 nitrogen and oxygen atoms in total. The van der Waals surface area contributed by atoms with Crippen molar-refractivity contribution >= 4 is 7.82 Å². The van der Waals surface area contributed by atoms with Crippen molar-refractivity contribution in [3.8, 4) is 23.0 Å². The Bertz CT molecular complexity index is 426. The highest BCUT2D eigenvalue weighted by Crippen LogP contribution is 2.70. The fourth-order valence-corrected chi connectivity index (χ4v) is 2.47. The second-order valence-corrected chi connectivity index (χ2v) is 3.90. The third-order valence-corrected chi connectivity index (χ3v) is 2.90. The van der Waals surface area contributed by atoms with Crippen molar-refractivity contribution in [1.29, 1.82) is 0 Å². The van der Waals surface area contributed by atoms with Gasteiger partial charge in [0.25, 0.3) is 0 Å². The molecule has 0 amide bonds. The van der Waals surface area contributed by atoms with Crippen LogP contribution in [0, 0.1) is 0 Å². The monoisotopic (exact) mass is 186 g/mol. The number of aromatic hydroxyl groups is 1. The first-order chi connectivity index (χ1) is 5.68. The van der Waals surface area contributed by atoms with Crippen molar-refractivity contribution in [1.82, 2.24) is 0 Å². The SMILES string of the molecule is O=P12Oc3ccc(O)c(c3O1)O2. The lowest BCUT2D eigenvalue weighted by atomic mass is 10.3. The van der Waals surface area contributed by atoms with Crippen LogP contribution < -0.4 is 13.6 Å². The number of phenols is 1. The normalized spacial score (nSPS) is 27.7. The number of fused-ring (bicyclic) bond motifs is 1. The van der Waals surface area contributed by atoms with Crippen molar-refractivity contribution in [2.24, 2.45) is 0 Å². The molecule has 1 aromatic rings. The summed E-state index contributed by atoms with van der Waals surface area (Å²) in [6.07, 6.45) is 0. The van der Waals surface area contributed by atoms with Crippen molar-refractivity contribution in [3.63, 3.8) is 0 Å². The number of phenolic OH excluding ortho intramolecular Hbond substituents is 1. The predicted octanol–water partition coefficient (Wildman–Crippen LogP) is 1.66. The van der Waals surface area contributed by atoms with Crippen LogP contribution in [0.1, 0.15) is 0 Å². The van der Waals surface area contributed by atoms with E-state index in [1.807, 2.05) is 0 Å². The van der Waals surface area contributed by atoms with Gasteiger partial charge < -0.3 is 18.7 Å². The van der Waals surface area contributed by atoms with Crippen molar-refractivity contribution < 1.29 is 23.2 Å². The predicted molar refractivity (Wildman–Crippen MR) is 37.6 cm³/mol. The van der Waals surface area contributed by atoms with Gasteiger partial charge in [-0.1, -0.05) is 0 Å². The zero-order valence-corrected chi connectivity index (χ0v) is 6.58. The highest BCUT2D eigenvalue weighted by Gasteiger charge is 2.51. The summed E-state index contributed by atoms with van der Waals surface area (Å²) in [6.45, 7) is 0. The summed E-state index contributed by atoms with van der Waals surface area (Å²) in [5.74, 6) is 0.618. The molecule has 0 aromatic heterocycles. The van der Waals surface area contributed by atoms with E-state index in [4.69, 9.17) is 13.6 Å². The summed E-state index contributed by atoms with van der Waals surface area (Å²) in [4.78, 5) is 0. The standard InChI is InChI=1S/C6H3O5P/c7-3-1-2-4-6-5(3)10-12(8,9-4)11-6/h1-2,7H. The third-order valence-electron chi connectivity index (χ3n) is 1.67. The molecule has 2 aliphatic heterocycles. The van der Waals surface area contributed by atoms with Gasteiger partial charge in [0.1, 0.15) is 0 Å². The molecule has 2 heterocycles. The molecule has 0 fully saturated rings. The first-order valence-corrected chi connectivity index (χ1v) is 4.69. The average Bonchev–Trinajstić information content (AvgIpc) is 2.49. The van der Waals surface area contributed by atoms with Crippen LogP contribution in [0.25, 0.3) is 0 Å².